The van der Waals surface area contributed by atoms with Crippen LogP contribution in [0.2, 0.25) is 0 Å². The Morgan fingerprint density at radius 3 is 2.74 bits per heavy atom. The number of ether oxygens (including phenoxy) is 2. The van der Waals surface area contributed by atoms with Crippen molar-refractivity contribution in [1.82, 2.24) is 5.43 Å². The highest BCUT2D eigenvalue weighted by molar-refractivity contribution is 5.75. The maximum atomic E-state index is 10.6. The molecule has 6 heteroatoms. The first kappa shape index (κ1) is 14.8. The lowest BCUT2D eigenvalue weighted by Crippen LogP contribution is -2.24. The molecule has 1 aromatic carbocycles. The number of para-hydroxylation sites is 1. The zero-order valence-electron chi connectivity index (χ0n) is 11.3. The SMILES string of the molecule is CCC(/C=N/NC(N)=O)c1cccc(OC)c1OC. The second kappa shape index (κ2) is 7.25. The fraction of sp³-hybridized carbons (Fsp3) is 0.385. The first-order valence-electron chi connectivity index (χ1n) is 5.93. The molecule has 104 valence electrons. The number of rotatable bonds is 6. The normalized spacial score (nSPS) is 12.2. The molecule has 0 heterocycles. The summed E-state index contributed by atoms with van der Waals surface area (Å²) in [5.41, 5.74) is 8.08. The predicted octanol–water partition coefficient (Wildman–Crippen LogP) is 1.85. The van der Waals surface area contributed by atoms with Crippen LogP contribution in [0.15, 0.2) is 23.3 Å². The first-order chi connectivity index (χ1) is 9.13. The second-order valence-corrected chi connectivity index (χ2v) is 3.85. The highest BCUT2D eigenvalue weighted by Crippen LogP contribution is 2.35. The summed E-state index contributed by atoms with van der Waals surface area (Å²) < 4.78 is 10.6. The smallest absolute Gasteiger partial charge is 0.332 e. The number of primary amides is 1. The summed E-state index contributed by atoms with van der Waals surface area (Å²) >= 11 is 0. The van der Waals surface area contributed by atoms with E-state index < -0.39 is 6.03 Å². The van der Waals surface area contributed by atoms with Gasteiger partial charge < -0.3 is 15.2 Å². The number of benzene rings is 1. The van der Waals surface area contributed by atoms with Crippen molar-refractivity contribution in [3.05, 3.63) is 23.8 Å². The fourth-order valence-corrected chi connectivity index (χ4v) is 1.80. The molecule has 0 saturated carbocycles. The van der Waals surface area contributed by atoms with Gasteiger partial charge in [0.1, 0.15) is 0 Å². The van der Waals surface area contributed by atoms with Crippen molar-refractivity contribution in [3.63, 3.8) is 0 Å². The van der Waals surface area contributed by atoms with E-state index in [2.05, 4.69) is 10.5 Å². The van der Waals surface area contributed by atoms with Crippen LogP contribution in [0.1, 0.15) is 24.8 Å². The molecule has 0 radical (unpaired) electrons. The van der Waals surface area contributed by atoms with Crippen LogP contribution in [-0.4, -0.2) is 26.5 Å². The maximum Gasteiger partial charge on any atom is 0.332 e. The molecule has 3 N–H and O–H groups in total. The lowest BCUT2D eigenvalue weighted by atomic mass is 9.96. The largest absolute Gasteiger partial charge is 0.493 e. The number of methoxy groups -OCH3 is 2. The van der Waals surface area contributed by atoms with Gasteiger partial charge in [0.25, 0.3) is 0 Å². The number of hydrogen-bond acceptors (Lipinski definition) is 4. The molecule has 0 spiro atoms. The Labute approximate surface area is 112 Å². The Morgan fingerprint density at radius 2 is 2.21 bits per heavy atom. The Kier molecular flexibility index (Phi) is 5.66. The van der Waals surface area contributed by atoms with Crippen LogP contribution < -0.4 is 20.6 Å². The van der Waals surface area contributed by atoms with Crippen LogP contribution in [0.3, 0.4) is 0 Å². The van der Waals surface area contributed by atoms with Crippen LogP contribution in [0.25, 0.3) is 0 Å². The fourth-order valence-electron chi connectivity index (χ4n) is 1.80. The van der Waals surface area contributed by atoms with Crippen LogP contribution in [-0.2, 0) is 0 Å². The minimum atomic E-state index is -0.691. The van der Waals surface area contributed by atoms with Gasteiger partial charge in [-0.05, 0) is 12.5 Å². The molecule has 1 rings (SSSR count). The molecule has 1 atom stereocenters. The van der Waals surface area contributed by atoms with E-state index in [9.17, 15) is 4.79 Å². The summed E-state index contributed by atoms with van der Waals surface area (Å²) in [7, 11) is 3.18. The molecule has 19 heavy (non-hydrogen) atoms. The molecule has 6 nitrogen and oxygen atoms in total. The molecule has 0 aliphatic carbocycles. The molecule has 1 aromatic rings. The van der Waals surface area contributed by atoms with Crippen molar-refractivity contribution in [2.75, 3.05) is 14.2 Å². The van der Waals surface area contributed by atoms with Gasteiger partial charge in [-0.2, -0.15) is 5.10 Å². The van der Waals surface area contributed by atoms with Crippen molar-refractivity contribution < 1.29 is 14.3 Å². The minimum absolute atomic E-state index is 0.00287. The molecule has 0 fully saturated rings. The van der Waals surface area contributed by atoms with Gasteiger partial charge in [-0.25, -0.2) is 10.2 Å². The molecule has 0 aliphatic rings. The lowest BCUT2D eigenvalue weighted by Gasteiger charge is -2.16. The zero-order valence-corrected chi connectivity index (χ0v) is 11.3. The molecular weight excluding hydrogens is 246 g/mol. The van der Waals surface area contributed by atoms with Gasteiger partial charge in [-0.1, -0.05) is 19.1 Å². The van der Waals surface area contributed by atoms with Crippen LogP contribution in [0.5, 0.6) is 11.5 Å². The average Bonchev–Trinajstić information content (AvgIpc) is 2.42. The summed E-state index contributed by atoms with van der Waals surface area (Å²) in [6, 6.07) is 4.96. The number of nitrogens with zero attached hydrogens (tertiary/aromatic N) is 1. The Balaban J connectivity index is 3.04. The first-order valence-corrected chi connectivity index (χ1v) is 5.93. The number of carbonyl (C=O) groups excluding carboxylic acids is 1. The quantitative estimate of drug-likeness (QED) is 0.608. The van der Waals surface area contributed by atoms with Gasteiger partial charge in [0.15, 0.2) is 11.5 Å². The Hall–Kier alpha value is -2.24. The lowest BCUT2D eigenvalue weighted by molar-refractivity contribution is 0.249. The minimum Gasteiger partial charge on any atom is -0.493 e. The molecule has 0 bridgehead atoms. The summed E-state index contributed by atoms with van der Waals surface area (Å²) in [6.07, 6.45) is 2.43. The number of amides is 2. The highest BCUT2D eigenvalue weighted by Gasteiger charge is 2.16. The van der Waals surface area contributed by atoms with E-state index in [-0.39, 0.29) is 5.92 Å². The number of urea groups is 1. The third kappa shape index (κ3) is 3.87. The van der Waals surface area contributed by atoms with Gasteiger partial charge >= 0.3 is 6.03 Å². The number of carbonyl (C=O) groups is 1. The van der Waals surface area contributed by atoms with Gasteiger partial charge in [0, 0.05) is 17.7 Å². The maximum absolute atomic E-state index is 10.6. The molecular formula is C13H19N3O3. The second-order valence-electron chi connectivity index (χ2n) is 3.85. The van der Waals surface area contributed by atoms with E-state index in [1.54, 1.807) is 20.4 Å². The molecule has 0 aromatic heterocycles. The van der Waals surface area contributed by atoms with Gasteiger partial charge in [0.2, 0.25) is 0 Å². The number of nitrogens with two attached hydrogens (primary N) is 1. The molecule has 0 aliphatic heterocycles. The summed E-state index contributed by atoms with van der Waals surface area (Å²) in [5, 5.41) is 3.80. The van der Waals surface area contributed by atoms with E-state index >= 15 is 0 Å². The van der Waals surface area contributed by atoms with E-state index in [0.717, 1.165) is 12.0 Å². The third-order valence-corrected chi connectivity index (χ3v) is 2.70. The molecule has 2 amide bonds. The Morgan fingerprint density at radius 1 is 1.47 bits per heavy atom. The topological polar surface area (TPSA) is 85.9 Å². The van der Waals surface area contributed by atoms with Crippen molar-refractivity contribution in [1.29, 1.82) is 0 Å². The zero-order chi connectivity index (χ0) is 14.3. The van der Waals surface area contributed by atoms with Crippen molar-refractivity contribution in [2.45, 2.75) is 19.3 Å². The van der Waals surface area contributed by atoms with Crippen LogP contribution >= 0.6 is 0 Å². The molecule has 0 saturated heterocycles. The van der Waals surface area contributed by atoms with E-state index in [1.807, 2.05) is 25.1 Å². The predicted molar refractivity (Wildman–Crippen MR) is 73.8 cm³/mol. The number of hydrazone groups is 1. The average molecular weight is 265 g/mol. The van der Waals surface area contributed by atoms with Crippen molar-refractivity contribution in [2.24, 2.45) is 10.8 Å². The van der Waals surface area contributed by atoms with Crippen molar-refractivity contribution in [3.8, 4) is 11.5 Å². The van der Waals surface area contributed by atoms with E-state index in [4.69, 9.17) is 15.2 Å². The van der Waals surface area contributed by atoms with Crippen molar-refractivity contribution >= 4 is 12.2 Å². The highest BCUT2D eigenvalue weighted by atomic mass is 16.5. The van der Waals surface area contributed by atoms with E-state index in [0.29, 0.717) is 11.5 Å². The summed E-state index contributed by atoms with van der Waals surface area (Å²) in [6.45, 7) is 2.01. The standard InChI is InChI=1S/C13H19N3O3/c1-4-9(8-15-16-13(14)17)10-6-5-7-11(18-2)12(10)19-3/h5-9H,4H2,1-3H3,(H3,14,16,17)/b15-8+. The van der Waals surface area contributed by atoms with Gasteiger partial charge in [-0.15, -0.1) is 0 Å². The number of hydrogen-bond donors (Lipinski definition) is 2. The third-order valence-electron chi connectivity index (χ3n) is 2.70. The monoisotopic (exact) mass is 265 g/mol. The Bertz CT molecular complexity index is 460. The summed E-state index contributed by atoms with van der Waals surface area (Å²) in [5.74, 6) is 1.33. The van der Waals surface area contributed by atoms with Gasteiger partial charge in [0.05, 0.1) is 14.2 Å². The van der Waals surface area contributed by atoms with E-state index in [1.165, 1.54) is 0 Å². The van der Waals surface area contributed by atoms with Crippen LogP contribution in [0.4, 0.5) is 4.79 Å². The van der Waals surface area contributed by atoms with Crippen LogP contribution in [0, 0.1) is 0 Å². The van der Waals surface area contributed by atoms with Gasteiger partial charge in [-0.3, -0.25) is 0 Å². The molecule has 1 unspecified atom stereocenters. The summed E-state index contributed by atoms with van der Waals surface area (Å²) in [4.78, 5) is 10.6. The number of nitrogens with one attached hydrogen (secondary N) is 1.